The Kier molecular flexibility index (Phi) is 2.95. The first-order valence-corrected chi connectivity index (χ1v) is 7.61. The molecule has 4 heteroatoms. The average Bonchev–Trinajstić information content (AvgIpc) is 2.88. The predicted octanol–water partition coefficient (Wildman–Crippen LogP) is 4.81. The van der Waals surface area contributed by atoms with Crippen molar-refractivity contribution in [3.63, 3.8) is 0 Å². The molecule has 2 aromatic carbocycles. The lowest BCUT2D eigenvalue weighted by molar-refractivity contribution is 1.14. The van der Waals surface area contributed by atoms with Crippen LogP contribution in [0.3, 0.4) is 0 Å². The Morgan fingerprint density at radius 3 is 2.50 bits per heavy atom. The van der Waals surface area contributed by atoms with E-state index in [1.165, 1.54) is 0 Å². The second-order valence-electron chi connectivity index (χ2n) is 5.05. The predicted molar refractivity (Wildman–Crippen MR) is 91.0 cm³/mol. The molecule has 0 spiro atoms. The van der Waals surface area contributed by atoms with Crippen LogP contribution in [0.1, 0.15) is 5.56 Å². The van der Waals surface area contributed by atoms with Gasteiger partial charge in [-0.1, -0.05) is 15.9 Å². The van der Waals surface area contributed by atoms with Gasteiger partial charge in [0.2, 0.25) is 0 Å². The molecule has 0 aliphatic carbocycles. The number of nitriles is 1. The molecule has 0 saturated heterocycles. The Bertz CT molecular complexity index is 1040. The van der Waals surface area contributed by atoms with E-state index in [1.807, 2.05) is 42.6 Å². The number of hydrogen-bond donors (Lipinski definition) is 0. The van der Waals surface area contributed by atoms with Gasteiger partial charge in [-0.05, 0) is 48.5 Å². The minimum absolute atomic E-state index is 0.665. The molecule has 3 nitrogen and oxygen atoms in total. The molecular formula is C18H10BrN3. The minimum Gasteiger partial charge on any atom is -0.308 e. The molecule has 0 bridgehead atoms. The molecule has 0 N–H and O–H groups in total. The first-order valence-electron chi connectivity index (χ1n) is 6.82. The smallest absolute Gasteiger partial charge is 0.0991 e. The molecule has 0 aliphatic heterocycles. The molecule has 2 heterocycles. The van der Waals surface area contributed by atoms with Crippen LogP contribution in [-0.4, -0.2) is 9.55 Å². The Morgan fingerprint density at radius 2 is 1.77 bits per heavy atom. The fraction of sp³-hybridized carbons (Fsp3) is 0. The molecular weight excluding hydrogens is 338 g/mol. The molecule has 4 aromatic rings. The van der Waals surface area contributed by atoms with Crippen molar-refractivity contribution in [3.05, 3.63) is 71.0 Å². The molecule has 2 aromatic heterocycles. The van der Waals surface area contributed by atoms with Gasteiger partial charge in [-0.25, -0.2) is 0 Å². The van der Waals surface area contributed by atoms with Crippen molar-refractivity contribution in [2.75, 3.05) is 0 Å². The highest BCUT2D eigenvalue weighted by Crippen LogP contribution is 2.33. The molecule has 0 atom stereocenters. The summed E-state index contributed by atoms with van der Waals surface area (Å²) in [6, 6.07) is 18.2. The van der Waals surface area contributed by atoms with Crippen LogP contribution in [0, 0.1) is 11.3 Å². The number of hydrogen-bond acceptors (Lipinski definition) is 2. The third-order valence-electron chi connectivity index (χ3n) is 3.76. The van der Waals surface area contributed by atoms with Crippen molar-refractivity contribution in [2.24, 2.45) is 0 Å². The van der Waals surface area contributed by atoms with Gasteiger partial charge >= 0.3 is 0 Å². The Balaban J connectivity index is 2.21. The molecule has 22 heavy (non-hydrogen) atoms. The SMILES string of the molecule is N#Cc1ccc2c(c1)c1cc(Br)ccc1n2-c1cccnc1. The highest BCUT2D eigenvalue weighted by molar-refractivity contribution is 9.10. The van der Waals surface area contributed by atoms with Crippen molar-refractivity contribution < 1.29 is 0 Å². The minimum atomic E-state index is 0.665. The Morgan fingerprint density at radius 1 is 1.00 bits per heavy atom. The van der Waals surface area contributed by atoms with Crippen LogP contribution in [0.4, 0.5) is 0 Å². The number of nitrogens with zero attached hydrogens (tertiary/aromatic N) is 3. The zero-order valence-electron chi connectivity index (χ0n) is 11.5. The molecule has 0 unspecified atom stereocenters. The lowest BCUT2D eigenvalue weighted by Crippen LogP contribution is -1.93. The van der Waals surface area contributed by atoms with Gasteiger partial charge in [-0.15, -0.1) is 0 Å². The summed E-state index contributed by atoms with van der Waals surface area (Å²) in [5.41, 5.74) is 3.84. The molecule has 0 saturated carbocycles. The molecule has 0 radical (unpaired) electrons. The van der Waals surface area contributed by atoms with Gasteiger partial charge in [0.1, 0.15) is 0 Å². The van der Waals surface area contributed by atoms with E-state index < -0.39 is 0 Å². The third kappa shape index (κ3) is 1.91. The lowest BCUT2D eigenvalue weighted by atomic mass is 10.1. The van der Waals surface area contributed by atoms with Crippen LogP contribution in [0.15, 0.2) is 65.4 Å². The van der Waals surface area contributed by atoms with E-state index in [-0.39, 0.29) is 0 Å². The second kappa shape index (κ2) is 4.97. The van der Waals surface area contributed by atoms with Crippen molar-refractivity contribution in [2.45, 2.75) is 0 Å². The maximum absolute atomic E-state index is 9.17. The van der Waals surface area contributed by atoms with Crippen molar-refractivity contribution in [1.29, 1.82) is 5.26 Å². The van der Waals surface area contributed by atoms with Gasteiger partial charge < -0.3 is 4.57 Å². The topological polar surface area (TPSA) is 41.6 Å². The lowest BCUT2D eigenvalue weighted by Gasteiger charge is -2.06. The van der Waals surface area contributed by atoms with Crippen molar-refractivity contribution in [1.82, 2.24) is 9.55 Å². The van der Waals surface area contributed by atoms with Gasteiger partial charge in [0.25, 0.3) is 0 Å². The summed E-state index contributed by atoms with van der Waals surface area (Å²) in [5, 5.41) is 11.4. The monoisotopic (exact) mass is 347 g/mol. The first-order chi connectivity index (χ1) is 10.8. The standard InChI is InChI=1S/C18H10BrN3/c19-13-4-6-18-16(9-13)15-8-12(10-20)3-5-17(15)22(18)14-2-1-7-21-11-14/h1-9,11H. The summed E-state index contributed by atoms with van der Waals surface area (Å²) in [4.78, 5) is 4.22. The van der Waals surface area contributed by atoms with E-state index in [9.17, 15) is 5.26 Å². The molecule has 104 valence electrons. The number of benzene rings is 2. The average molecular weight is 348 g/mol. The van der Waals surface area contributed by atoms with Crippen LogP contribution in [0.2, 0.25) is 0 Å². The maximum atomic E-state index is 9.17. The summed E-state index contributed by atoms with van der Waals surface area (Å²) in [6.45, 7) is 0. The molecule has 4 rings (SSSR count). The van der Waals surface area contributed by atoms with Gasteiger partial charge in [0.05, 0.1) is 34.6 Å². The zero-order chi connectivity index (χ0) is 15.1. The molecule has 0 fully saturated rings. The number of fused-ring (bicyclic) bond motifs is 3. The van der Waals surface area contributed by atoms with E-state index in [1.54, 1.807) is 6.20 Å². The number of halogens is 1. The maximum Gasteiger partial charge on any atom is 0.0991 e. The fourth-order valence-corrected chi connectivity index (χ4v) is 3.19. The van der Waals surface area contributed by atoms with E-state index in [4.69, 9.17) is 0 Å². The second-order valence-corrected chi connectivity index (χ2v) is 5.97. The summed E-state index contributed by atoms with van der Waals surface area (Å²) >= 11 is 3.53. The van der Waals surface area contributed by atoms with Crippen LogP contribution < -0.4 is 0 Å². The first kappa shape index (κ1) is 13.1. The normalized spacial score (nSPS) is 10.9. The number of rotatable bonds is 1. The van der Waals surface area contributed by atoms with Crippen LogP contribution in [0.25, 0.3) is 27.5 Å². The summed E-state index contributed by atoms with van der Waals surface area (Å²) in [5.74, 6) is 0. The van der Waals surface area contributed by atoms with E-state index in [0.717, 1.165) is 32.0 Å². The third-order valence-corrected chi connectivity index (χ3v) is 4.25. The number of aromatic nitrogens is 2. The van der Waals surface area contributed by atoms with E-state index >= 15 is 0 Å². The van der Waals surface area contributed by atoms with Gasteiger partial charge in [0.15, 0.2) is 0 Å². The highest BCUT2D eigenvalue weighted by atomic mass is 79.9. The summed E-state index contributed by atoms with van der Waals surface area (Å²) in [7, 11) is 0. The van der Waals surface area contributed by atoms with Gasteiger partial charge in [-0.2, -0.15) is 5.26 Å². The van der Waals surface area contributed by atoms with Crippen molar-refractivity contribution >= 4 is 37.7 Å². The Labute approximate surface area is 135 Å². The van der Waals surface area contributed by atoms with Gasteiger partial charge in [0, 0.05) is 21.4 Å². The quantitative estimate of drug-likeness (QED) is 0.495. The zero-order valence-corrected chi connectivity index (χ0v) is 13.1. The van der Waals surface area contributed by atoms with Gasteiger partial charge in [-0.3, -0.25) is 4.98 Å². The highest BCUT2D eigenvalue weighted by Gasteiger charge is 2.13. The van der Waals surface area contributed by atoms with Crippen LogP contribution in [0.5, 0.6) is 0 Å². The van der Waals surface area contributed by atoms with Crippen molar-refractivity contribution in [3.8, 4) is 11.8 Å². The van der Waals surface area contributed by atoms with E-state index in [2.05, 4.69) is 43.7 Å². The van der Waals surface area contributed by atoms with Crippen LogP contribution in [-0.2, 0) is 0 Å². The van der Waals surface area contributed by atoms with E-state index in [0.29, 0.717) is 5.56 Å². The largest absolute Gasteiger partial charge is 0.308 e. The fourth-order valence-electron chi connectivity index (χ4n) is 2.83. The van der Waals surface area contributed by atoms with Crippen LogP contribution >= 0.6 is 15.9 Å². The summed E-state index contributed by atoms with van der Waals surface area (Å²) < 4.78 is 3.19. The number of pyridine rings is 1. The summed E-state index contributed by atoms with van der Waals surface area (Å²) in [6.07, 6.45) is 3.61. The molecule has 0 aliphatic rings. The molecule has 0 amide bonds. The Hall–Kier alpha value is -2.64.